The minimum atomic E-state index is -2.10. The Morgan fingerprint density at radius 3 is 2.84 bits per heavy atom. The molecular weight excluding hydrogens is 503 g/mol. The number of halogens is 2. The average molecular weight is 523 g/mol. The molecule has 1 fully saturated rings. The number of hydrogen-bond donors (Lipinski definition) is 0. The number of aromatic nitrogens is 3. The summed E-state index contributed by atoms with van der Waals surface area (Å²) in [6.07, 6.45) is 2.33. The molecule has 7 nitrogen and oxygen atoms in total. The van der Waals surface area contributed by atoms with Gasteiger partial charge in [-0.15, -0.1) is 0 Å². The topological polar surface area (TPSA) is 81.4 Å². The van der Waals surface area contributed by atoms with Gasteiger partial charge in [-0.3, -0.25) is 0 Å². The van der Waals surface area contributed by atoms with E-state index in [-0.39, 0.29) is 12.1 Å². The predicted molar refractivity (Wildman–Crippen MR) is 105 cm³/mol. The first-order valence-electron chi connectivity index (χ1n) is 7.88. The normalized spacial score (nSPS) is 19.3. The fourth-order valence-corrected chi connectivity index (χ4v) is 8.28. The molecule has 3 rings (SSSR count). The standard InChI is InChI=1S/C16H20BrIN4O3/c1-10-7-8-18(22(10)15(23)24-16(2,3)4)14-20-13(21-25-14)12-6-5-11(17)9-19-12/h5-6,9-10H,7-8H2,1-4H3/t10-/m0/s1. The van der Waals surface area contributed by atoms with Crippen molar-refractivity contribution < 1.29 is 14.1 Å². The third-order valence-corrected chi connectivity index (χ3v) is 9.64. The van der Waals surface area contributed by atoms with E-state index in [0.717, 1.165) is 15.3 Å². The fraction of sp³-hybridized carbons (Fsp3) is 0.500. The molecule has 1 aliphatic heterocycles. The maximum absolute atomic E-state index is 12.6. The van der Waals surface area contributed by atoms with E-state index in [0.29, 0.717) is 15.4 Å². The first-order valence-corrected chi connectivity index (χ1v) is 12.2. The summed E-state index contributed by atoms with van der Waals surface area (Å²) in [6.45, 7) is 7.64. The van der Waals surface area contributed by atoms with Crippen LogP contribution in [0.1, 0.15) is 34.1 Å². The van der Waals surface area contributed by atoms with Crippen molar-refractivity contribution in [3.63, 3.8) is 0 Å². The van der Waals surface area contributed by atoms with Gasteiger partial charge in [-0.1, -0.05) is 0 Å². The summed E-state index contributed by atoms with van der Waals surface area (Å²) in [4.78, 5) is 21.4. The molecule has 0 aromatic carbocycles. The molecule has 0 aliphatic carbocycles. The average Bonchev–Trinajstić information content (AvgIpc) is 3.12. The van der Waals surface area contributed by atoms with Crippen LogP contribution < -0.4 is 0 Å². The van der Waals surface area contributed by atoms with Gasteiger partial charge in [-0.25, -0.2) is 0 Å². The number of nitrogens with zero attached hydrogens (tertiary/aromatic N) is 4. The van der Waals surface area contributed by atoms with Crippen molar-refractivity contribution in [1.29, 1.82) is 0 Å². The van der Waals surface area contributed by atoms with Crippen molar-refractivity contribution in [1.82, 2.24) is 18.2 Å². The van der Waals surface area contributed by atoms with Crippen LogP contribution in [0.2, 0.25) is 0 Å². The van der Waals surface area contributed by atoms with Crippen molar-refractivity contribution in [2.75, 3.05) is 4.43 Å². The number of amides is 1. The van der Waals surface area contributed by atoms with Crippen LogP contribution in [0.15, 0.2) is 27.3 Å². The summed E-state index contributed by atoms with van der Waals surface area (Å²) < 4.78 is 15.3. The molecule has 1 amide bonds. The van der Waals surface area contributed by atoms with E-state index >= 15 is 0 Å². The molecule has 0 saturated carbocycles. The Labute approximate surface area is 162 Å². The predicted octanol–water partition coefficient (Wildman–Crippen LogP) is 4.51. The van der Waals surface area contributed by atoms with E-state index in [2.05, 4.69) is 31.1 Å². The number of hydrogen-bond acceptors (Lipinski definition) is 6. The quantitative estimate of drug-likeness (QED) is 0.328. The van der Waals surface area contributed by atoms with Crippen molar-refractivity contribution in [3.8, 4) is 11.5 Å². The van der Waals surface area contributed by atoms with Gasteiger partial charge in [0.25, 0.3) is 0 Å². The molecule has 3 heterocycles. The molecule has 2 aromatic heterocycles. The van der Waals surface area contributed by atoms with Crippen molar-refractivity contribution in [2.45, 2.75) is 45.8 Å². The van der Waals surface area contributed by atoms with Crippen LogP contribution in [-0.4, -0.2) is 40.4 Å². The molecule has 0 spiro atoms. The molecular formula is C16H20BrIN4O3. The van der Waals surface area contributed by atoms with Gasteiger partial charge in [-0.05, 0) is 0 Å². The Morgan fingerprint density at radius 2 is 2.20 bits per heavy atom. The Morgan fingerprint density at radius 1 is 1.44 bits per heavy atom. The molecule has 0 N–H and O–H groups in total. The number of pyridine rings is 1. The zero-order valence-electron chi connectivity index (χ0n) is 14.5. The first-order chi connectivity index (χ1) is 11.7. The summed E-state index contributed by atoms with van der Waals surface area (Å²) in [7, 11) is 0. The van der Waals surface area contributed by atoms with Gasteiger partial charge in [0.2, 0.25) is 0 Å². The third-order valence-electron chi connectivity index (χ3n) is 3.42. The first kappa shape index (κ1) is 18.6. The summed E-state index contributed by atoms with van der Waals surface area (Å²) >= 11 is 1.26. The monoisotopic (exact) mass is 522 g/mol. The fourth-order valence-electron chi connectivity index (χ4n) is 2.30. The van der Waals surface area contributed by atoms with Crippen molar-refractivity contribution >= 4 is 42.1 Å². The Kier molecular flexibility index (Phi) is 5.33. The van der Waals surface area contributed by atoms with E-state index in [1.807, 2.05) is 42.9 Å². The number of carbonyl (C=O) groups excluding carboxylic acids is 1. The number of ether oxygens (including phenoxy) is 1. The summed E-state index contributed by atoms with van der Waals surface area (Å²) in [5.41, 5.74) is 0.118. The SMILES string of the molecule is C[C@H]1CCI(c2nc(-c3ccc(Br)cn3)no2)N1C(=O)OC(C)(C)C. The minimum absolute atomic E-state index is 0.126. The van der Waals surface area contributed by atoms with Crippen molar-refractivity contribution in [3.05, 3.63) is 26.7 Å². The van der Waals surface area contributed by atoms with Crippen LogP contribution in [0.4, 0.5) is 4.79 Å². The summed E-state index contributed by atoms with van der Waals surface area (Å²) in [6, 6.07) is 3.83. The van der Waals surface area contributed by atoms with E-state index in [9.17, 15) is 4.79 Å². The van der Waals surface area contributed by atoms with Crippen LogP contribution in [0.3, 0.4) is 0 Å². The van der Waals surface area contributed by atoms with E-state index in [4.69, 9.17) is 9.26 Å². The molecule has 136 valence electrons. The molecule has 1 saturated heterocycles. The zero-order chi connectivity index (χ0) is 18.2. The number of carbonyl (C=O) groups is 1. The van der Waals surface area contributed by atoms with Gasteiger partial charge < -0.3 is 0 Å². The van der Waals surface area contributed by atoms with Gasteiger partial charge in [0.05, 0.1) is 0 Å². The van der Waals surface area contributed by atoms with Crippen LogP contribution in [0, 0.1) is 3.90 Å². The maximum atomic E-state index is 12.6. The molecule has 0 unspecified atom stereocenters. The molecule has 1 aliphatic rings. The van der Waals surface area contributed by atoms with Gasteiger partial charge in [-0.2, -0.15) is 0 Å². The van der Waals surface area contributed by atoms with E-state index < -0.39 is 25.7 Å². The molecule has 1 atom stereocenters. The second kappa shape index (κ2) is 7.18. The third kappa shape index (κ3) is 4.30. The molecule has 2 aromatic rings. The number of alkyl halides is 1. The van der Waals surface area contributed by atoms with Gasteiger partial charge in [0.15, 0.2) is 0 Å². The second-order valence-electron chi connectivity index (χ2n) is 6.69. The van der Waals surface area contributed by atoms with E-state index in [1.54, 1.807) is 6.20 Å². The van der Waals surface area contributed by atoms with Crippen LogP contribution in [0.5, 0.6) is 0 Å². The van der Waals surface area contributed by atoms with E-state index in [1.165, 1.54) is 0 Å². The van der Waals surface area contributed by atoms with Crippen LogP contribution in [-0.2, 0) is 4.74 Å². The van der Waals surface area contributed by atoms with Gasteiger partial charge in [0.1, 0.15) is 0 Å². The summed E-state index contributed by atoms with van der Waals surface area (Å²) in [5, 5.41) is 4.05. The Bertz CT molecular complexity index is 759. The second-order valence-corrected chi connectivity index (χ2v) is 12.6. The molecule has 25 heavy (non-hydrogen) atoms. The Balaban J connectivity index is 1.83. The van der Waals surface area contributed by atoms with Crippen molar-refractivity contribution in [2.24, 2.45) is 0 Å². The molecule has 9 heteroatoms. The number of rotatable bonds is 2. The summed E-state index contributed by atoms with van der Waals surface area (Å²) in [5.74, 6) is 0.448. The zero-order valence-corrected chi connectivity index (χ0v) is 18.2. The van der Waals surface area contributed by atoms with Gasteiger partial charge >= 0.3 is 163 Å². The van der Waals surface area contributed by atoms with Gasteiger partial charge in [0, 0.05) is 0 Å². The Hall–Kier alpha value is -1.23. The van der Waals surface area contributed by atoms with Crippen LogP contribution >= 0.6 is 36.0 Å². The van der Waals surface area contributed by atoms with Crippen LogP contribution in [0.25, 0.3) is 11.5 Å². The molecule has 0 bridgehead atoms. The molecule has 0 radical (unpaired) electrons.